The normalized spacial score (nSPS) is 11.7. The van der Waals surface area contributed by atoms with Crippen LogP contribution < -0.4 is 0 Å². The van der Waals surface area contributed by atoms with Gasteiger partial charge in [0.2, 0.25) is 0 Å². The standard InChI is InChI=1S/C20H14ClN3O3/c1-12-17(18(24-27-12)14-5-3-2-4-6-14)20-23-22-19(26-20)16(21)11-13-7-9-15(25)10-8-13/h2-11,25H,1H3/b16-11-. The first-order valence-electron chi connectivity index (χ1n) is 8.14. The summed E-state index contributed by atoms with van der Waals surface area (Å²) in [7, 11) is 0. The Labute approximate surface area is 159 Å². The Morgan fingerprint density at radius 1 is 1.04 bits per heavy atom. The van der Waals surface area contributed by atoms with Gasteiger partial charge in [-0.05, 0) is 30.7 Å². The Morgan fingerprint density at radius 3 is 2.52 bits per heavy atom. The van der Waals surface area contributed by atoms with E-state index in [9.17, 15) is 5.11 Å². The second-order valence-electron chi connectivity index (χ2n) is 5.82. The summed E-state index contributed by atoms with van der Waals surface area (Å²) in [5, 5.41) is 21.9. The predicted octanol–water partition coefficient (Wildman–Crippen LogP) is 5.14. The lowest BCUT2D eigenvalue weighted by Crippen LogP contribution is -1.84. The van der Waals surface area contributed by atoms with Gasteiger partial charge in [-0.3, -0.25) is 0 Å². The predicted molar refractivity (Wildman–Crippen MR) is 102 cm³/mol. The molecule has 4 aromatic rings. The summed E-state index contributed by atoms with van der Waals surface area (Å²) in [4.78, 5) is 0. The van der Waals surface area contributed by atoms with Crippen molar-refractivity contribution in [2.75, 3.05) is 0 Å². The molecular formula is C20H14ClN3O3. The summed E-state index contributed by atoms with van der Waals surface area (Å²) >= 11 is 6.32. The largest absolute Gasteiger partial charge is 0.508 e. The first kappa shape index (κ1) is 17.1. The molecule has 2 heterocycles. The molecule has 0 radical (unpaired) electrons. The van der Waals surface area contributed by atoms with Crippen LogP contribution in [0.5, 0.6) is 5.75 Å². The van der Waals surface area contributed by atoms with E-state index in [1.165, 1.54) is 0 Å². The second kappa shape index (κ2) is 7.09. The first-order chi connectivity index (χ1) is 13.1. The number of nitrogens with zero attached hydrogens (tertiary/aromatic N) is 3. The maximum absolute atomic E-state index is 9.35. The van der Waals surface area contributed by atoms with Crippen molar-refractivity contribution in [1.82, 2.24) is 15.4 Å². The van der Waals surface area contributed by atoms with Crippen LogP contribution >= 0.6 is 11.6 Å². The van der Waals surface area contributed by atoms with E-state index in [-0.39, 0.29) is 22.6 Å². The highest BCUT2D eigenvalue weighted by Gasteiger charge is 2.22. The number of halogens is 1. The Kier molecular flexibility index (Phi) is 4.48. The molecule has 0 fully saturated rings. The number of benzene rings is 2. The molecule has 4 rings (SSSR count). The molecule has 2 aromatic carbocycles. The number of rotatable bonds is 4. The summed E-state index contributed by atoms with van der Waals surface area (Å²) in [6, 6.07) is 16.2. The summed E-state index contributed by atoms with van der Waals surface area (Å²) in [6.07, 6.45) is 1.68. The summed E-state index contributed by atoms with van der Waals surface area (Å²) in [6.45, 7) is 1.78. The van der Waals surface area contributed by atoms with Gasteiger partial charge in [0.1, 0.15) is 27.8 Å². The molecule has 134 valence electrons. The molecule has 0 aliphatic rings. The molecule has 0 aliphatic carbocycles. The molecule has 1 N–H and O–H groups in total. The van der Waals surface area contributed by atoms with Crippen molar-refractivity contribution >= 4 is 22.7 Å². The van der Waals surface area contributed by atoms with Gasteiger partial charge in [0.05, 0.1) is 0 Å². The van der Waals surface area contributed by atoms with E-state index >= 15 is 0 Å². The molecule has 0 amide bonds. The SMILES string of the molecule is Cc1onc(-c2ccccc2)c1-c1nnc(/C(Cl)=C/c2ccc(O)cc2)o1. The van der Waals surface area contributed by atoms with Crippen LogP contribution in [0, 0.1) is 6.92 Å². The van der Waals surface area contributed by atoms with Gasteiger partial charge in [-0.2, -0.15) is 0 Å². The lowest BCUT2D eigenvalue weighted by molar-refractivity contribution is 0.399. The Hall–Kier alpha value is -3.38. The van der Waals surface area contributed by atoms with Crippen molar-refractivity contribution in [3.63, 3.8) is 0 Å². The molecule has 0 unspecified atom stereocenters. The third kappa shape index (κ3) is 3.47. The highest BCUT2D eigenvalue weighted by Crippen LogP contribution is 2.34. The van der Waals surface area contributed by atoms with E-state index in [0.717, 1.165) is 11.1 Å². The van der Waals surface area contributed by atoms with Crippen LogP contribution in [0.2, 0.25) is 0 Å². The maximum Gasteiger partial charge on any atom is 0.259 e. The third-order valence-electron chi connectivity index (χ3n) is 3.94. The lowest BCUT2D eigenvalue weighted by atomic mass is 10.1. The maximum atomic E-state index is 9.35. The zero-order valence-corrected chi connectivity index (χ0v) is 15.0. The molecule has 0 spiro atoms. The fraction of sp³-hybridized carbons (Fsp3) is 0.0500. The van der Waals surface area contributed by atoms with E-state index in [0.29, 0.717) is 17.0 Å². The molecule has 0 bridgehead atoms. The van der Waals surface area contributed by atoms with Gasteiger partial charge in [0.25, 0.3) is 11.8 Å². The minimum Gasteiger partial charge on any atom is -0.508 e. The fourth-order valence-electron chi connectivity index (χ4n) is 2.62. The van der Waals surface area contributed by atoms with E-state index in [2.05, 4.69) is 15.4 Å². The van der Waals surface area contributed by atoms with Crippen molar-refractivity contribution < 1.29 is 14.0 Å². The van der Waals surface area contributed by atoms with Gasteiger partial charge in [-0.1, -0.05) is 59.2 Å². The van der Waals surface area contributed by atoms with Crippen LogP contribution in [0.25, 0.3) is 33.8 Å². The fourth-order valence-corrected chi connectivity index (χ4v) is 2.82. The molecule has 6 nitrogen and oxygen atoms in total. The van der Waals surface area contributed by atoms with Crippen LogP contribution in [0.1, 0.15) is 17.2 Å². The Bertz CT molecular complexity index is 1100. The van der Waals surface area contributed by atoms with Crippen LogP contribution in [0.3, 0.4) is 0 Å². The van der Waals surface area contributed by atoms with Crippen LogP contribution in [-0.4, -0.2) is 20.5 Å². The highest BCUT2D eigenvalue weighted by molar-refractivity contribution is 6.50. The van der Waals surface area contributed by atoms with Gasteiger partial charge in [0.15, 0.2) is 0 Å². The smallest absolute Gasteiger partial charge is 0.259 e. The van der Waals surface area contributed by atoms with Crippen LogP contribution in [0.4, 0.5) is 0 Å². The summed E-state index contributed by atoms with van der Waals surface area (Å²) in [5.74, 6) is 1.21. The molecule has 7 heteroatoms. The minimum atomic E-state index is 0.180. The molecule has 27 heavy (non-hydrogen) atoms. The van der Waals surface area contributed by atoms with E-state index < -0.39 is 0 Å². The number of aryl methyl sites for hydroxylation is 1. The number of phenols is 1. The van der Waals surface area contributed by atoms with Crippen molar-refractivity contribution in [2.45, 2.75) is 6.92 Å². The minimum absolute atomic E-state index is 0.180. The van der Waals surface area contributed by atoms with E-state index in [4.69, 9.17) is 20.5 Å². The Balaban J connectivity index is 1.69. The average Bonchev–Trinajstić information content (AvgIpc) is 3.31. The van der Waals surface area contributed by atoms with Crippen molar-refractivity contribution in [2.24, 2.45) is 0 Å². The zero-order chi connectivity index (χ0) is 18.8. The molecular weight excluding hydrogens is 366 g/mol. The van der Waals surface area contributed by atoms with Gasteiger partial charge >= 0.3 is 0 Å². The Morgan fingerprint density at radius 2 is 1.78 bits per heavy atom. The second-order valence-corrected chi connectivity index (χ2v) is 6.23. The van der Waals surface area contributed by atoms with Crippen molar-refractivity contribution in [3.8, 4) is 28.5 Å². The molecule has 2 aromatic heterocycles. The average molecular weight is 380 g/mol. The summed E-state index contributed by atoms with van der Waals surface area (Å²) in [5.41, 5.74) is 2.94. The monoisotopic (exact) mass is 379 g/mol. The zero-order valence-electron chi connectivity index (χ0n) is 14.3. The quantitative estimate of drug-likeness (QED) is 0.528. The number of hydrogen-bond acceptors (Lipinski definition) is 6. The molecule has 0 saturated heterocycles. The summed E-state index contributed by atoms with van der Waals surface area (Å²) < 4.78 is 11.1. The van der Waals surface area contributed by atoms with Crippen LogP contribution in [-0.2, 0) is 0 Å². The van der Waals surface area contributed by atoms with Crippen molar-refractivity contribution in [1.29, 1.82) is 0 Å². The van der Waals surface area contributed by atoms with Gasteiger partial charge in [0, 0.05) is 5.56 Å². The van der Waals surface area contributed by atoms with Gasteiger partial charge in [-0.25, -0.2) is 0 Å². The van der Waals surface area contributed by atoms with Gasteiger partial charge in [-0.15, -0.1) is 10.2 Å². The lowest BCUT2D eigenvalue weighted by Gasteiger charge is -1.98. The molecule has 0 atom stereocenters. The van der Waals surface area contributed by atoms with Crippen molar-refractivity contribution in [3.05, 3.63) is 71.8 Å². The number of aromatic nitrogens is 3. The van der Waals surface area contributed by atoms with E-state index in [1.54, 1.807) is 37.3 Å². The number of hydrogen-bond donors (Lipinski definition) is 1. The number of phenolic OH excluding ortho intramolecular Hbond substituents is 1. The molecule has 0 saturated carbocycles. The van der Waals surface area contributed by atoms with Gasteiger partial charge < -0.3 is 14.0 Å². The molecule has 0 aliphatic heterocycles. The topological polar surface area (TPSA) is 85.2 Å². The number of aromatic hydroxyl groups is 1. The first-order valence-corrected chi connectivity index (χ1v) is 8.52. The van der Waals surface area contributed by atoms with Crippen LogP contribution in [0.15, 0.2) is 63.5 Å². The van der Waals surface area contributed by atoms with E-state index in [1.807, 2.05) is 30.3 Å². The third-order valence-corrected chi connectivity index (χ3v) is 4.21. The highest BCUT2D eigenvalue weighted by atomic mass is 35.5.